The highest BCUT2D eigenvalue weighted by molar-refractivity contribution is 5.99. The molecule has 2 heterocycles. The number of fused-ring (bicyclic) bond motifs is 1. The third kappa shape index (κ3) is 3.96. The average Bonchev–Trinajstić information content (AvgIpc) is 2.70. The molecular formula is C20H24ClN3O3. The van der Waals surface area contributed by atoms with Crippen molar-refractivity contribution >= 4 is 29.7 Å². The van der Waals surface area contributed by atoms with Gasteiger partial charge in [-0.15, -0.1) is 12.4 Å². The van der Waals surface area contributed by atoms with Crippen molar-refractivity contribution in [2.75, 3.05) is 49.7 Å². The van der Waals surface area contributed by atoms with Crippen molar-refractivity contribution < 1.29 is 14.3 Å². The van der Waals surface area contributed by atoms with Crippen LogP contribution in [0.2, 0.25) is 0 Å². The lowest BCUT2D eigenvalue weighted by Crippen LogP contribution is -2.44. The van der Waals surface area contributed by atoms with E-state index in [1.807, 2.05) is 36.4 Å². The molecule has 2 aromatic rings. The van der Waals surface area contributed by atoms with Crippen LogP contribution in [-0.2, 0) is 11.3 Å². The molecule has 6 nitrogen and oxygen atoms in total. The first kappa shape index (κ1) is 19.3. The van der Waals surface area contributed by atoms with Gasteiger partial charge in [-0.3, -0.25) is 4.79 Å². The summed E-state index contributed by atoms with van der Waals surface area (Å²) < 4.78 is 11.2. The van der Waals surface area contributed by atoms with Gasteiger partial charge < -0.3 is 24.6 Å². The fraction of sp³-hybridized carbons (Fsp3) is 0.350. The largest absolute Gasteiger partial charge is 0.497 e. The van der Waals surface area contributed by atoms with Gasteiger partial charge in [-0.25, -0.2) is 0 Å². The van der Waals surface area contributed by atoms with E-state index in [9.17, 15) is 4.79 Å². The zero-order valence-electron chi connectivity index (χ0n) is 15.3. The molecule has 2 aliphatic heterocycles. The van der Waals surface area contributed by atoms with Crippen LogP contribution in [0.15, 0.2) is 42.5 Å². The number of para-hydroxylation sites is 1. The smallest absolute Gasteiger partial charge is 0.265 e. The van der Waals surface area contributed by atoms with Gasteiger partial charge in [0, 0.05) is 26.2 Å². The summed E-state index contributed by atoms with van der Waals surface area (Å²) in [5.74, 6) is 1.56. The average molecular weight is 390 g/mol. The Morgan fingerprint density at radius 3 is 2.63 bits per heavy atom. The number of anilines is 2. The fourth-order valence-electron chi connectivity index (χ4n) is 3.50. The quantitative estimate of drug-likeness (QED) is 0.870. The molecule has 0 bridgehead atoms. The minimum atomic E-state index is -0.0298. The number of carbonyl (C=O) groups is 1. The molecule has 0 spiro atoms. The van der Waals surface area contributed by atoms with E-state index >= 15 is 0 Å². The Hall–Kier alpha value is -2.44. The minimum absolute atomic E-state index is 0. The predicted molar refractivity (Wildman–Crippen MR) is 108 cm³/mol. The van der Waals surface area contributed by atoms with Crippen LogP contribution >= 0.6 is 12.4 Å². The van der Waals surface area contributed by atoms with Crippen LogP contribution in [0.1, 0.15) is 5.56 Å². The summed E-state index contributed by atoms with van der Waals surface area (Å²) in [6.07, 6.45) is 0. The van der Waals surface area contributed by atoms with Gasteiger partial charge in [0.1, 0.15) is 5.75 Å². The van der Waals surface area contributed by atoms with Crippen molar-refractivity contribution in [2.24, 2.45) is 0 Å². The summed E-state index contributed by atoms with van der Waals surface area (Å²) in [4.78, 5) is 16.7. The van der Waals surface area contributed by atoms with Crippen LogP contribution < -0.4 is 24.6 Å². The number of benzene rings is 2. The Labute approximate surface area is 165 Å². The van der Waals surface area contributed by atoms with Crippen molar-refractivity contribution in [1.29, 1.82) is 0 Å². The SMILES string of the molecule is COc1cccc(CN2C(=O)COc3c(N4CCNCC4)cccc32)c1.Cl. The summed E-state index contributed by atoms with van der Waals surface area (Å²) >= 11 is 0. The molecule has 2 aromatic carbocycles. The van der Waals surface area contributed by atoms with Gasteiger partial charge in [0.15, 0.2) is 12.4 Å². The number of piperazine rings is 1. The van der Waals surface area contributed by atoms with Crippen LogP contribution in [0.5, 0.6) is 11.5 Å². The van der Waals surface area contributed by atoms with E-state index in [4.69, 9.17) is 9.47 Å². The monoisotopic (exact) mass is 389 g/mol. The molecule has 0 aromatic heterocycles. The Bertz CT molecular complexity index is 809. The number of nitrogens with one attached hydrogen (secondary N) is 1. The number of hydrogen-bond acceptors (Lipinski definition) is 5. The van der Waals surface area contributed by atoms with Crippen molar-refractivity contribution in [1.82, 2.24) is 5.32 Å². The zero-order valence-corrected chi connectivity index (χ0v) is 16.1. The third-order valence-corrected chi connectivity index (χ3v) is 4.84. The maximum absolute atomic E-state index is 12.5. The summed E-state index contributed by atoms with van der Waals surface area (Å²) in [6, 6.07) is 13.8. The highest BCUT2D eigenvalue weighted by Gasteiger charge is 2.29. The van der Waals surface area contributed by atoms with E-state index in [0.717, 1.165) is 54.6 Å². The number of hydrogen-bond donors (Lipinski definition) is 1. The van der Waals surface area contributed by atoms with Crippen LogP contribution in [-0.4, -0.2) is 45.8 Å². The lowest BCUT2D eigenvalue weighted by atomic mass is 10.1. The fourth-order valence-corrected chi connectivity index (χ4v) is 3.50. The molecular weight excluding hydrogens is 366 g/mol. The van der Waals surface area contributed by atoms with E-state index in [1.54, 1.807) is 12.0 Å². The van der Waals surface area contributed by atoms with Gasteiger partial charge in [-0.2, -0.15) is 0 Å². The topological polar surface area (TPSA) is 54.0 Å². The lowest BCUT2D eigenvalue weighted by Gasteiger charge is -2.35. The van der Waals surface area contributed by atoms with Crippen LogP contribution in [0.4, 0.5) is 11.4 Å². The first-order valence-electron chi connectivity index (χ1n) is 8.91. The standard InChI is InChI=1S/C20H23N3O3.ClH/c1-25-16-5-2-4-15(12-16)13-23-18-7-3-6-17(20(18)26-14-19(23)24)22-10-8-21-9-11-22;/h2-7,12,21H,8-11,13-14H2,1H3;1H. The first-order valence-corrected chi connectivity index (χ1v) is 8.91. The second-order valence-electron chi connectivity index (χ2n) is 6.48. The zero-order chi connectivity index (χ0) is 17.9. The maximum atomic E-state index is 12.5. The first-order chi connectivity index (χ1) is 12.8. The number of amides is 1. The number of ether oxygens (including phenoxy) is 2. The van der Waals surface area contributed by atoms with Crippen molar-refractivity contribution in [3.63, 3.8) is 0 Å². The van der Waals surface area contributed by atoms with E-state index < -0.39 is 0 Å². The van der Waals surface area contributed by atoms with Crippen LogP contribution in [0.3, 0.4) is 0 Å². The number of carbonyl (C=O) groups excluding carboxylic acids is 1. The predicted octanol–water partition coefficient (Wildman–Crippen LogP) is 2.45. The molecule has 1 saturated heterocycles. The summed E-state index contributed by atoms with van der Waals surface area (Å²) in [6.45, 7) is 4.34. The summed E-state index contributed by atoms with van der Waals surface area (Å²) in [5, 5.41) is 3.36. The Morgan fingerprint density at radius 2 is 1.85 bits per heavy atom. The summed E-state index contributed by atoms with van der Waals surface area (Å²) in [7, 11) is 1.65. The number of nitrogens with zero attached hydrogens (tertiary/aromatic N) is 2. The van der Waals surface area contributed by atoms with Gasteiger partial charge in [0.25, 0.3) is 5.91 Å². The van der Waals surface area contributed by atoms with Gasteiger partial charge in [-0.05, 0) is 29.8 Å². The molecule has 7 heteroatoms. The van der Waals surface area contributed by atoms with Crippen LogP contribution in [0.25, 0.3) is 0 Å². The Morgan fingerprint density at radius 1 is 1.11 bits per heavy atom. The minimum Gasteiger partial charge on any atom is -0.497 e. The maximum Gasteiger partial charge on any atom is 0.265 e. The van der Waals surface area contributed by atoms with Crippen molar-refractivity contribution in [3.05, 3.63) is 48.0 Å². The molecule has 0 radical (unpaired) electrons. The lowest BCUT2D eigenvalue weighted by molar-refractivity contribution is -0.121. The van der Waals surface area contributed by atoms with E-state index in [2.05, 4.69) is 16.3 Å². The highest BCUT2D eigenvalue weighted by Crippen LogP contribution is 2.41. The van der Waals surface area contributed by atoms with Crippen LogP contribution in [0, 0.1) is 0 Å². The molecule has 4 rings (SSSR count). The van der Waals surface area contributed by atoms with E-state index in [1.165, 1.54) is 0 Å². The van der Waals surface area contributed by atoms with Gasteiger partial charge in [0.05, 0.1) is 25.0 Å². The second kappa shape index (κ2) is 8.50. The molecule has 0 saturated carbocycles. The molecule has 144 valence electrons. The highest BCUT2D eigenvalue weighted by atomic mass is 35.5. The summed E-state index contributed by atoms with van der Waals surface area (Å²) in [5.41, 5.74) is 2.92. The molecule has 0 aliphatic carbocycles. The molecule has 1 fully saturated rings. The van der Waals surface area contributed by atoms with Gasteiger partial charge in [-0.1, -0.05) is 18.2 Å². The molecule has 0 unspecified atom stereocenters. The molecule has 1 amide bonds. The number of methoxy groups -OCH3 is 1. The third-order valence-electron chi connectivity index (χ3n) is 4.84. The molecule has 2 aliphatic rings. The second-order valence-corrected chi connectivity index (χ2v) is 6.48. The number of rotatable bonds is 4. The van der Waals surface area contributed by atoms with Crippen molar-refractivity contribution in [3.8, 4) is 11.5 Å². The molecule has 0 atom stereocenters. The van der Waals surface area contributed by atoms with Gasteiger partial charge in [0.2, 0.25) is 0 Å². The normalized spacial score (nSPS) is 16.3. The van der Waals surface area contributed by atoms with Gasteiger partial charge >= 0.3 is 0 Å². The Balaban J connectivity index is 0.00000210. The number of halogens is 1. The van der Waals surface area contributed by atoms with Crippen molar-refractivity contribution in [2.45, 2.75) is 6.54 Å². The van der Waals surface area contributed by atoms with E-state index in [0.29, 0.717) is 6.54 Å². The molecule has 27 heavy (non-hydrogen) atoms. The molecule has 1 N–H and O–H groups in total. The Kier molecular flexibility index (Phi) is 6.08. The van der Waals surface area contributed by atoms with E-state index in [-0.39, 0.29) is 24.9 Å².